The van der Waals surface area contributed by atoms with E-state index in [1.54, 1.807) is 0 Å². The molecule has 118 valence electrons. The second-order valence-corrected chi connectivity index (χ2v) is 5.26. The zero-order valence-corrected chi connectivity index (χ0v) is 12.8. The number of nitrogen functional groups attached to an aromatic ring is 1. The van der Waals surface area contributed by atoms with Gasteiger partial charge in [-0.15, -0.1) is 0 Å². The van der Waals surface area contributed by atoms with Crippen LogP contribution < -0.4 is 11.1 Å². The maximum Gasteiger partial charge on any atom is 0.311 e. The fourth-order valence-electron chi connectivity index (χ4n) is 2.21. The molecule has 1 rings (SSSR count). The molecular formula is C15H26N4O2. The molecule has 0 unspecified atom stereocenters. The Morgan fingerprint density at radius 2 is 1.76 bits per heavy atom. The number of nitro groups is 1. The van der Waals surface area contributed by atoms with Crippen molar-refractivity contribution in [3.63, 3.8) is 0 Å². The summed E-state index contributed by atoms with van der Waals surface area (Å²) in [6.45, 7) is 2.90. The molecule has 0 aliphatic carbocycles. The first-order valence-electron chi connectivity index (χ1n) is 7.80. The molecule has 0 fully saturated rings. The first-order chi connectivity index (χ1) is 10.1. The highest BCUT2D eigenvalue weighted by Gasteiger charge is 2.14. The van der Waals surface area contributed by atoms with Crippen molar-refractivity contribution >= 4 is 17.3 Å². The molecule has 6 heteroatoms. The Balaban J connectivity index is 2.21. The molecule has 0 radical (unpaired) electrons. The molecule has 0 amide bonds. The van der Waals surface area contributed by atoms with Crippen molar-refractivity contribution in [3.8, 4) is 0 Å². The predicted octanol–water partition coefficient (Wildman–Crippen LogP) is 4.12. The standard InChI is InChI=1S/C15H26N4O2/c1-2-3-4-5-6-7-8-9-12-17-15-13(19(20)21)10-11-14(16)18-15/h10-11H,2-9,12H2,1H3,(H3,16,17,18). The SMILES string of the molecule is CCCCCCCCCCNc1nc(N)ccc1[N+](=O)[O-]. The summed E-state index contributed by atoms with van der Waals surface area (Å²) in [6.07, 6.45) is 9.85. The summed E-state index contributed by atoms with van der Waals surface area (Å²) >= 11 is 0. The lowest BCUT2D eigenvalue weighted by molar-refractivity contribution is -0.384. The van der Waals surface area contributed by atoms with Gasteiger partial charge in [-0.3, -0.25) is 10.1 Å². The lowest BCUT2D eigenvalue weighted by atomic mass is 10.1. The zero-order chi connectivity index (χ0) is 15.5. The minimum atomic E-state index is -0.442. The van der Waals surface area contributed by atoms with E-state index in [2.05, 4.69) is 17.2 Å². The van der Waals surface area contributed by atoms with Crippen LogP contribution in [0.25, 0.3) is 0 Å². The maximum absolute atomic E-state index is 10.9. The molecule has 0 saturated heterocycles. The van der Waals surface area contributed by atoms with Crippen LogP contribution in [-0.4, -0.2) is 16.5 Å². The average molecular weight is 294 g/mol. The minimum absolute atomic E-state index is 0.0243. The summed E-state index contributed by atoms with van der Waals surface area (Å²) in [4.78, 5) is 14.4. The molecule has 0 aliphatic heterocycles. The van der Waals surface area contributed by atoms with Crippen molar-refractivity contribution < 1.29 is 4.92 Å². The summed E-state index contributed by atoms with van der Waals surface area (Å²) in [6, 6.07) is 2.83. The average Bonchev–Trinajstić information content (AvgIpc) is 2.45. The molecule has 0 bridgehead atoms. The van der Waals surface area contributed by atoms with Gasteiger partial charge in [0.25, 0.3) is 0 Å². The normalized spacial score (nSPS) is 10.5. The van der Waals surface area contributed by atoms with Crippen LogP contribution in [-0.2, 0) is 0 Å². The molecule has 21 heavy (non-hydrogen) atoms. The number of hydrogen-bond donors (Lipinski definition) is 2. The van der Waals surface area contributed by atoms with Gasteiger partial charge < -0.3 is 11.1 Å². The van der Waals surface area contributed by atoms with Crippen LogP contribution in [0.4, 0.5) is 17.3 Å². The molecule has 0 aliphatic rings. The third-order valence-electron chi connectivity index (χ3n) is 3.41. The Morgan fingerprint density at radius 3 is 2.38 bits per heavy atom. The van der Waals surface area contributed by atoms with Crippen molar-refractivity contribution in [2.75, 3.05) is 17.6 Å². The predicted molar refractivity (Wildman–Crippen MR) is 86.4 cm³/mol. The number of nitrogens with zero attached hydrogens (tertiary/aromatic N) is 2. The lowest BCUT2D eigenvalue weighted by Crippen LogP contribution is -2.07. The quantitative estimate of drug-likeness (QED) is 0.363. The van der Waals surface area contributed by atoms with Gasteiger partial charge in [-0.25, -0.2) is 4.98 Å². The minimum Gasteiger partial charge on any atom is -0.384 e. The fraction of sp³-hybridized carbons (Fsp3) is 0.667. The molecule has 6 nitrogen and oxygen atoms in total. The number of nitrogens with one attached hydrogen (secondary N) is 1. The van der Waals surface area contributed by atoms with Crippen LogP contribution in [0, 0.1) is 10.1 Å². The van der Waals surface area contributed by atoms with Gasteiger partial charge in [0.05, 0.1) is 4.92 Å². The number of unbranched alkanes of at least 4 members (excludes halogenated alkanes) is 7. The molecule has 1 aromatic rings. The zero-order valence-electron chi connectivity index (χ0n) is 12.8. The van der Waals surface area contributed by atoms with Gasteiger partial charge in [0.2, 0.25) is 5.82 Å². The third kappa shape index (κ3) is 6.92. The van der Waals surface area contributed by atoms with Gasteiger partial charge in [-0.1, -0.05) is 51.9 Å². The van der Waals surface area contributed by atoms with Crippen LogP contribution in [0.1, 0.15) is 58.3 Å². The molecule has 0 aromatic carbocycles. The van der Waals surface area contributed by atoms with E-state index in [1.165, 1.54) is 50.7 Å². The van der Waals surface area contributed by atoms with E-state index in [4.69, 9.17) is 5.73 Å². The highest BCUT2D eigenvalue weighted by Crippen LogP contribution is 2.22. The van der Waals surface area contributed by atoms with Gasteiger partial charge in [0.15, 0.2) is 0 Å². The van der Waals surface area contributed by atoms with Gasteiger partial charge in [-0.05, 0) is 12.5 Å². The monoisotopic (exact) mass is 294 g/mol. The van der Waals surface area contributed by atoms with Gasteiger partial charge >= 0.3 is 5.69 Å². The number of aromatic nitrogens is 1. The Kier molecular flexibility index (Phi) is 8.16. The molecule has 3 N–H and O–H groups in total. The topological polar surface area (TPSA) is 94.1 Å². The molecule has 1 aromatic heterocycles. The van der Waals surface area contributed by atoms with Crippen LogP contribution >= 0.6 is 0 Å². The lowest BCUT2D eigenvalue weighted by Gasteiger charge is -2.07. The van der Waals surface area contributed by atoms with Gasteiger partial charge in [-0.2, -0.15) is 0 Å². The van der Waals surface area contributed by atoms with E-state index < -0.39 is 4.92 Å². The largest absolute Gasteiger partial charge is 0.384 e. The second-order valence-electron chi connectivity index (χ2n) is 5.26. The number of anilines is 2. The maximum atomic E-state index is 10.9. The smallest absolute Gasteiger partial charge is 0.311 e. The molecule has 0 atom stereocenters. The summed E-state index contributed by atoms with van der Waals surface area (Å²) in [5.41, 5.74) is 5.54. The van der Waals surface area contributed by atoms with Gasteiger partial charge in [0, 0.05) is 12.6 Å². The molecule has 0 saturated carbocycles. The van der Waals surface area contributed by atoms with Crippen molar-refractivity contribution in [2.24, 2.45) is 0 Å². The highest BCUT2D eigenvalue weighted by atomic mass is 16.6. The van der Waals surface area contributed by atoms with Crippen LogP contribution in [0.3, 0.4) is 0 Å². The van der Waals surface area contributed by atoms with Crippen LogP contribution in [0.15, 0.2) is 12.1 Å². The van der Waals surface area contributed by atoms with Crippen molar-refractivity contribution in [3.05, 3.63) is 22.2 Å². The van der Waals surface area contributed by atoms with Crippen LogP contribution in [0.2, 0.25) is 0 Å². The Morgan fingerprint density at radius 1 is 1.14 bits per heavy atom. The van der Waals surface area contributed by atoms with E-state index in [0.29, 0.717) is 12.4 Å². The first kappa shape index (κ1) is 17.2. The number of hydrogen-bond acceptors (Lipinski definition) is 5. The Labute approximate surface area is 126 Å². The van der Waals surface area contributed by atoms with Crippen molar-refractivity contribution in [1.82, 2.24) is 4.98 Å². The van der Waals surface area contributed by atoms with E-state index in [-0.39, 0.29) is 11.5 Å². The van der Waals surface area contributed by atoms with E-state index in [9.17, 15) is 10.1 Å². The summed E-state index contributed by atoms with van der Waals surface area (Å²) in [5, 5.41) is 13.9. The molecular weight excluding hydrogens is 268 g/mol. The summed E-state index contributed by atoms with van der Waals surface area (Å²) < 4.78 is 0. The van der Waals surface area contributed by atoms with E-state index >= 15 is 0 Å². The van der Waals surface area contributed by atoms with E-state index in [0.717, 1.165) is 12.8 Å². The number of pyridine rings is 1. The Bertz CT molecular complexity index is 438. The summed E-state index contributed by atoms with van der Waals surface area (Å²) in [5.74, 6) is 0.557. The highest BCUT2D eigenvalue weighted by molar-refractivity contribution is 5.59. The Hall–Kier alpha value is -1.85. The van der Waals surface area contributed by atoms with Gasteiger partial charge in [0.1, 0.15) is 5.82 Å². The second kappa shape index (κ2) is 9.96. The van der Waals surface area contributed by atoms with Crippen molar-refractivity contribution in [1.29, 1.82) is 0 Å². The molecule has 0 spiro atoms. The molecule has 1 heterocycles. The van der Waals surface area contributed by atoms with E-state index in [1.807, 2.05) is 0 Å². The van der Waals surface area contributed by atoms with Crippen molar-refractivity contribution in [2.45, 2.75) is 58.3 Å². The number of rotatable bonds is 11. The van der Waals surface area contributed by atoms with Crippen LogP contribution in [0.5, 0.6) is 0 Å². The number of nitrogens with two attached hydrogens (primary N) is 1. The fourth-order valence-corrected chi connectivity index (χ4v) is 2.21. The first-order valence-corrected chi connectivity index (χ1v) is 7.80. The summed E-state index contributed by atoms with van der Waals surface area (Å²) in [7, 11) is 0. The third-order valence-corrected chi connectivity index (χ3v) is 3.41.